The van der Waals surface area contributed by atoms with Crippen molar-refractivity contribution in [2.75, 3.05) is 0 Å². The van der Waals surface area contributed by atoms with Gasteiger partial charge in [-0.3, -0.25) is 0 Å². The van der Waals surface area contributed by atoms with E-state index in [0.717, 1.165) is 21.6 Å². The first-order valence-electron chi connectivity index (χ1n) is 5.01. The highest BCUT2D eigenvalue weighted by Crippen LogP contribution is 2.24. The second-order valence-corrected chi connectivity index (χ2v) is 4.17. The van der Waals surface area contributed by atoms with Crippen LogP contribution in [0.25, 0.3) is 11.1 Å². The summed E-state index contributed by atoms with van der Waals surface area (Å²) in [5.74, 6) is 0. The Balaban J connectivity index is 2.43. The van der Waals surface area contributed by atoms with Gasteiger partial charge in [0.25, 0.3) is 0 Å². The summed E-state index contributed by atoms with van der Waals surface area (Å²) in [6.07, 6.45) is 0. The van der Waals surface area contributed by atoms with Crippen molar-refractivity contribution < 1.29 is 0 Å². The van der Waals surface area contributed by atoms with Gasteiger partial charge in [-0.05, 0) is 41.8 Å². The van der Waals surface area contributed by atoms with Crippen molar-refractivity contribution in [2.24, 2.45) is 0 Å². The van der Waals surface area contributed by atoms with Gasteiger partial charge in [0.05, 0.1) is 11.6 Å². The summed E-state index contributed by atoms with van der Waals surface area (Å²) >= 11 is 4.35. The van der Waals surface area contributed by atoms with Gasteiger partial charge in [0.2, 0.25) is 0 Å². The Kier molecular flexibility index (Phi) is 2.98. The molecule has 0 atom stereocenters. The second kappa shape index (κ2) is 4.42. The maximum absolute atomic E-state index is 8.72. The first-order valence-corrected chi connectivity index (χ1v) is 5.45. The van der Waals surface area contributed by atoms with E-state index in [-0.39, 0.29) is 0 Å². The summed E-state index contributed by atoms with van der Waals surface area (Å²) < 4.78 is 0. The van der Waals surface area contributed by atoms with Gasteiger partial charge in [-0.25, -0.2) is 0 Å². The molecule has 16 heavy (non-hydrogen) atoms. The van der Waals surface area contributed by atoms with Crippen LogP contribution in [0.1, 0.15) is 11.1 Å². The molecule has 0 radical (unpaired) electrons. The van der Waals surface area contributed by atoms with E-state index in [1.54, 1.807) is 0 Å². The minimum absolute atomic E-state index is 0.686. The Labute approximate surface area is 101 Å². The van der Waals surface area contributed by atoms with E-state index in [1.807, 2.05) is 43.3 Å². The van der Waals surface area contributed by atoms with Crippen molar-refractivity contribution in [3.05, 3.63) is 53.6 Å². The van der Waals surface area contributed by atoms with E-state index in [9.17, 15) is 0 Å². The third-order valence-electron chi connectivity index (χ3n) is 2.54. The minimum atomic E-state index is 0.686. The molecule has 0 saturated carbocycles. The molecule has 0 bridgehead atoms. The molecule has 0 unspecified atom stereocenters. The molecule has 0 aromatic heterocycles. The molecular weight excluding hydrogens is 214 g/mol. The van der Waals surface area contributed by atoms with Crippen LogP contribution >= 0.6 is 12.6 Å². The van der Waals surface area contributed by atoms with Crippen molar-refractivity contribution in [1.82, 2.24) is 0 Å². The lowest BCUT2D eigenvalue weighted by molar-refractivity contribution is 1.31. The molecule has 0 aliphatic heterocycles. The molecule has 0 N–H and O–H groups in total. The summed E-state index contributed by atoms with van der Waals surface area (Å²) in [6.45, 7) is 2.04. The Morgan fingerprint density at radius 2 is 1.62 bits per heavy atom. The van der Waals surface area contributed by atoms with Crippen LogP contribution in [0, 0.1) is 18.3 Å². The number of hydrogen-bond acceptors (Lipinski definition) is 2. The van der Waals surface area contributed by atoms with Crippen molar-refractivity contribution >= 4 is 12.6 Å². The van der Waals surface area contributed by atoms with Gasteiger partial charge < -0.3 is 0 Å². The number of hydrogen-bond donors (Lipinski definition) is 1. The van der Waals surface area contributed by atoms with Gasteiger partial charge in [0, 0.05) is 4.90 Å². The number of nitriles is 1. The van der Waals surface area contributed by atoms with Gasteiger partial charge in [-0.15, -0.1) is 12.6 Å². The first-order chi connectivity index (χ1) is 7.70. The molecule has 2 aromatic carbocycles. The zero-order valence-corrected chi connectivity index (χ0v) is 9.83. The summed E-state index contributed by atoms with van der Waals surface area (Å²) in [5.41, 5.74) is 4.12. The third kappa shape index (κ3) is 2.10. The Morgan fingerprint density at radius 3 is 2.19 bits per heavy atom. The molecule has 0 aliphatic rings. The van der Waals surface area contributed by atoms with Crippen LogP contribution in [0.4, 0.5) is 0 Å². The van der Waals surface area contributed by atoms with Gasteiger partial charge in [-0.2, -0.15) is 5.26 Å². The zero-order valence-electron chi connectivity index (χ0n) is 8.94. The van der Waals surface area contributed by atoms with Crippen LogP contribution in [0.3, 0.4) is 0 Å². The Morgan fingerprint density at radius 1 is 1.00 bits per heavy atom. The number of benzene rings is 2. The molecule has 0 amide bonds. The highest BCUT2D eigenvalue weighted by molar-refractivity contribution is 7.80. The number of thiol groups is 1. The summed E-state index contributed by atoms with van der Waals surface area (Å²) in [4.78, 5) is 0.998. The third-order valence-corrected chi connectivity index (χ3v) is 3.05. The lowest BCUT2D eigenvalue weighted by Gasteiger charge is -2.04. The fourth-order valence-electron chi connectivity index (χ4n) is 1.57. The molecule has 2 aromatic rings. The predicted molar refractivity (Wildman–Crippen MR) is 68.6 cm³/mol. The molecule has 0 spiro atoms. The topological polar surface area (TPSA) is 23.8 Å². The van der Waals surface area contributed by atoms with E-state index < -0.39 is 0 Å². The summed E-state index contributed by atoms with van der Waals surface area (Å²) in [7, 11) is 0. The molecule has 0 saturated heterocycles. The van der Waals surface area contributed by atoms with Crippen molar-refractivity contribution in [3.8, 4) is 17.2 Å². The minimum Gasteiger partial charge on any atom is -0.192 e. The summed E-state index contributed by atoms with van der Waals surface area (Å²) in [6, 6.07) is 15.8. The van der Waals surface area contributed by atoms with Gasteiger partial charge >= 0.3 is 0 Å². The monoisotopic (exact) mass is 225 g/mol. The molecule has 2 rings (SSSR count). The quantitative estimate of drug-likeness (QED) is 0.733. The molecule has 2 heteroatoms. The lowest BCUT2D eigenvalue weighted by atomic mass is 10.0. The highest BCUT2D eigenvalue weighted by atomic mass is 32.1. The Hall–Kier alpha value is -1.72. The molecule has 0 fully saturated rings. The van der Waals surface area contributed by atoms with Crippen LogP contribution < -0.4 is 0 Å². The fraction of sp³-hybridized carbons (Fsp3) is 0.0714. The van der Waals surface area contributed by atoms with Crippen LogP contribution in [-0.2, 0) is 0 Å². The average molecular weight is 225 g/mol. The largest absolute Gasteiger partial charge is 0.192 e. The molecule has 1 nitrogen and oxygen atoms in total. The van der Waals surface area contributed by atoms with Crippen LogP contribution in [0.2, 0.25) is 0 Å². The van der Waals surface area contributed by atoms with Crippen LogP contribution in [0.5, 0.6) is 0 Å². The Bertz CT molecular complexity index is 550. The van der Waals surface area contributed by atoms with E-state index in [2.05, 4.69) is 24.8 Å². The first kappa shape index (κ1) is 10.8. The van der Waals surface area contributed by atoms with E-state index in [0.29, 0.717) is 5.56 Å². The number of aryl methyl sites for hydroxylation is 1. The maximum Gasteiger partial charge on any atom is 0.0991 e. The van der Waals surface area contributed by atoms with Gasteiger partial charge in [0.15, 0.2) is 0 Å². The molecule has 0 heterocycles. The fourth-order valence-corrected chi connectivity index (χ4v) is 1.71. The standard InChI is InChI=1S/C14H11NS/c1-10-8-13(6-7-14(10)16)12-4-2-11(9-15)3-5-12/h2-8,16H,1H3. The van der Waals surface area contributed by atoms with Gasteiger partial charge in [0.1, 0.15) is 0 Å². The normalized spacial score (nSPS) is 9.81. The number of nitrogens with zero attached hydrogens (tertiary/aromatic N) is 1. The molecule has 78 valence electrons. The zero-order chi connectivity index (χ0) is 11.5. The van der Waals surface area contributed by atoms with E-state index >= 15 is 0 Å². The average Bonchev–Trinajstić information content (AvgIpc) is 2.33. The van der Waals surface area contributed by atoms with Crippen LogP contribution in [0.15, 0.2) is 47.4 Å². The predicted octanol–water partition coefficient (Wildman–Crippen LogP) is 3.82. The van der Waals surface area contributed by atoms with Crippen molar-refractivity contribution in [1.29, 1.82) is 5.26 Å². The second-order valence-electron chi connectivity index (χ2n) is 3.69. The number of rotatable bonds is 1. The highest BCUT2D eigenvalue weighted by Gasteiger charge is 2.00. The lowest BCUT2D eigenvalue weighted by Crippen LogP contribution is -1.82. The van der Waals surface area contributed by atoms with Crippen molar-refractivity contribution in [3.63, 3.8) is 0 Å². The van der Waals surface area contributed by atoms with Crippen LogP contribution in [-0.4, -0.2) is 0 Å². The van der Waals surface area contributed by atoms with Gasteiger partial charge in [-0.1, -0.05) is 24.3 Å². The molecular formula is C14H11NS. The van der Waals surface area contributed by atoms with E-state index in [4.69, 9.17) is 5.26 Å². The SMILES string of the molecule is Cc1cc(-c2ccc(C#N)cc2)ccc1S. The summed E-state index contributed by atoms with van der Waals surface area (Å²) in [5, 5.41) is 8.72. The maximum atomic E-state index is 8.72. The van der Waals surface area contributed by atoms with E-state index in [1.165, 1.54) is 0 Å². The van der Waals surface area contributed by atoms with Crippen molar-refractivity contribution in [2.45, 2.75) is 11.8 Å². The molecule has 0 aliphatic carbocycles. The smallest absolute Gasteiger partial charge is 0.0991 e.